The van der Waals surface area contributed by atoms with E-state index in [1.807, 2.05) is 72.8 Å². The fraction of sp³-hybridized carbons (Fsp3) is 0. The van der Waals surface area contributed by atoms with Gasteiger partial charge in [-0.3, -0.25) is 0 Å². The van der Waals surface area contributed by atoms with Crippen LogP contribution in [0, 0.1) is 5.21 Å². The van der Waals surface area contributed by atoms with Crippen LogP contribution >= 0.6 is 0 Å². The largest absolute Gasteiger partial charge is 0.616 e. The maximum atomic E-state index is 12.9. The van der Waals surface area contributed by atoms with Gasteiger partial charge in [0.2, 0.25) is 11.6 Å². The van der Waals surface area contributed by atoms with Gasteiger partial charge >= 0.3 is 5.90 Å². The topological polar surface area (TPSA) is 47.7 Å². The molecule has 4 nitrogen and oxygen atoms in total. The molecule has 4 heteroatoms. The van der Waals surface area contributed by atoms with Crippen LogP contribution in [0.2, 0.25) is 0 Å². The summed E-state index contributed by atoms with van der Waals surface area (Å²) < 4.78 is 6.75. The molecule has 1 heterocycles. The smallest absolute Gasteiger partial charge is 0.394 e. The molecule has 0 spiro atoms. The second kappa shape index (κ2) is 6.01. The Hall–Kier alpha value is -3.40. The Bertz CT molecular complexity index is 932. The molecule has 3 aromatic rings. The summed E-state index contributed by atoms with van der Waals surface area (Å²) >= 11 is 0. The van der Waals surface area contributed by atoms with Crippen molar-refractivity contribution in [2.24, 2.45) is 4.99 Å². The highest BCUT2D eigenvalue weighted by atomic mass is 16.6. The van der Waals surface area contributed by atoms with Crippen LogP contribution in [0.25, 0.3) is 0 Å². The molecule has 116 valence electrons. The number of hydrogen-bond acceptors (Lipinski definition) is 3. The Kier molecular flexibility index (Phi) is 3.56. The summed E-state index contributed by atoms with van der Waals surface area (Å²) in [6, 6.07) is 26.1. The van der Waals surface area contributed by atoms with E-state index in [-0.39, 0.29) is 5.90 Å². The number of para-hydroxylation sites is 2. The third-order valence-electron chi connectivity index (χ3n) is 3.74. The Balaban J connectivity index is 1.94. The fourth-order valence-electron chi connectivity index (χ4n) is 2.57. The molecule has 4 rings (SSSR count). The van der Waals surface area contributed by atoms with Gasteiger partial charge in [0.1, 0.15) is 5.69 Å². The Morgan fingerprint density at radius 2 is 1.29 bits per heavy atom. The van der Waals surface area contributed by atoms with Gasteiger partial charge in [0, 0.05) is 11.6 Å². The standard InChI is InChI=1S/C20H14N2O2/c23-22-18-14-8-7-13-17(18)21-19(15-9-3-1-4-10-15)24-20(22)16-11-5-2-6-12-16/h1-14H. The van der Waals surface area contributed by atoms with Crippen molar-refractivity contribution in [2.45, 2.75) is 0 Å². The molecule has 0 fully saturated rings. The Morgan fingerprint density at radius 3 is 2.00 bits per heavy atom. The molecule has 0 saturated heterocycles. The molecule has 0 radical (unpaired) electrons. The summed E-state index contributed by atoms with van der Waals surface area (Å²) in [6.07, 6.45) is 0. The molecule has 0 unspecified atom stereocenters. The lowest BCUT2D eigenvalue weighted by atomic mass is 10.2. The first-order chi connectivity index (χ1) is 11.8. The van der Waals surface area contributed by atoms with E-state index in [0.717, 1.165) is 10.3 Å². The quantitative estimate of drug-likeness (QED) is 0.520. The predicted molar refractivity (Wildman–Crippen MR) is 94.0 cm³/mol. The van der Waals surface area contributed by atoms with Gasteiger partial charge in [-0.05, 0) is 30.3 Å². The van der Waals surface area contributed by atoms with E-state index in [0.29, 0.717) is 22.8 Å². The van der Waals surface area contributed by atoms with Gasteiger partial charge in [0.15, 0.2) is 0 Å². The van der Waals surface area contributed by atoms with E-state index in [9.17, 15) is 5.21 Å². The van der Waals surface area contributed by atoms with Gasteiger partial charge in [-0.2, -0.15) is 0 Å². The number of nitrogens with zero attached hydrogens (tertiary/aromatic N) is 2. The molecule has 1 aliphatic heterocycles. The molecule has 24 heavy (non-hydrogen) atoms. The maximum Gasteiger partial charge on any atom is 0.394 e. The summed E-state index contributed by atoms with van der Waals surface area (Å²) in [4.78, 5) is 4.57. The zero-order valence-electron chi connectivity index (χ0n) is 12.8. The minimum absolute atomic E-state index is 0.211. The summed E-state index contributed by atoms with van der Waals surface area (Å²) in [5.74, 6) is 0.614. The molecule has 0 aromatic heterocycles. The van der Waals surface area contributed by atoms with Crippen molar-refractivity contribution in [2.75, 3.05) is 0 Å². The van der Waals surface area contributed by atoms with Gasteiger partial charge < -0.3 is 9.94 Å². The third kappa shape index (κ3) is 2.54. The average molecular weight is 314 g/mol. The van der Waals surface area contributed by atoms with Crippen LogP contribution in [0.1, 0.15) is 11.1 Å². The van der Waals surface area contributed by atoms with E-state index in [1.165, 1.54) is 0 Å². The monoisotopic (exact) mass is 314 g/mol. The van der Waals surface area contributed by atoms with E-state index in [1.54, 1.807) is 12.1 Å². The Morgan fingerprint density at radius 1 is 0.708 bits per heavy atom. The van der Waals surface area contributed by atoms with Gasteiger partial charge in [-0.25, -0.2) is 4.99 Å². The lowest BCUT2D eigenvalue weighted by molar-refractivity contribution is -0.368. The van der Waals surface area contributed by atoms with Crippen LogP contribution in [0.4, 0.5) is 11.4 Å². The van der Waals surface area contributed by atoms with Crippen molar-refractivity contribution >= 4 is 23.2 Å². The zero-order chi connectivity index (χ0) is 16.4. The van der Waals surface area contributed by atoms with Crippen molar-refractivity contribution in [3.05, 3.63) is 101 Å². The zero-order valence-corrected chi connectivity index (χ0v) is 12.8. The first kappa shape index (κ1) is 14.2. The number of hydrogen-bond donors (Lipinski definition) is 0. The molecule has 0 aliphatic carbocycles. The van der Waals surface area contributed by atoms with Crippen LogP contribution in [-0.4, -0.2) is 16.5 Å². The van der Waals surface area contributed by atoms with E-state index in [4.69, 9.17) is 4.74 Å². The van der Waals surface area contributed by atoms with E-state index in [2.05, 4.69) is 4.99 Å². The first-order valence-electron chi connectivity index (χ1n) is 7.63. The summed E-state index contributed by atoms with van der Waals surface area (Å²) in [7, 11) is 0. The Labute approximate surface area is 139 Å². The predicted octanol–water partition coefficient (Wildman–Crippen LogP) is 4.38. The van der Waals surface area contributed by atoms with Crippen LogP contribution in [-0.2, 0) is 4.74 Å². The molecule has 0 saturated carbocycles. The number of ether oxygens (including phenoxy) is 1. The van der Waals surface area contributed by atoms with E-state index >= 15 is 0 Å². The second-order valence-corrected chi connectivity index (χ2v) is 5.34. The van der Waals surface area contributed by atoms with Crippen LogP contribution < -0.4 is 0 Å². The molecule has 0 bridgehead atoms. The maximum absolute atomic E-state index is 12.9. The van der Waals surface area contributed by atoms with E-state index < -0.39 is 0 Å². The SMILES string of the molecule is [O-][N+]1=C(c2ccccc2)OC(c2ccccc2)=Nc2ccccc21. The second-order valence-electron chi connectivity index (χ2n) is 5.34. The summed E-state index contributed by atoms with van der Waals surface area (Å²) in [5, 5.41) is 12.9. The number of fused-ring (bicyclic) bond motifs is 1. The fourth-order valence-corrected chi connectivity index (χ4v) is 2.57. The van der Waals surface area contributed by atoms with Crippen molar-refractivity contribution in [3.8, 4) is 0 Å². The van der Waals surface area contributed by atoms with Crippen molar-refractivity contribution in [1.29, 1.82) is 0 Å². The minimum Gasteiger partial charge on any atom is -0.616 e. The van der Waals surface area contributed by atoms with Gasteiger partial charge in [-0.15, -0.1) is 4.74 Å². The van der Waals surface area contributed by atoms with Gasteiger partial charge in [-0.1, -0.05) is 48.5 Å². The van der Waals surface area contributed by atoms with Gasteiger partial charge in [0.25, 0.3) is 0 Å². The molecule has 1 aliphatic rings. The van der Waals surface area contributed by atoms with Crippen LogP contribution in [0.15, 0.2) is 89.9 Å². The minimum atomic E-state index is 0.211. The molecular weight excluding hydrogens is 300 g/mol. The van der Waals surface area contributed by atoms with Crippen molar-refractivity contribution in [3.63, 3.8) is 0 Å². The van der Waals surface area contributed by atoms with Gasteiger partial charge in [0.05, 0.1) is 5.56 Å². The molecule has 0 amide bonds. The van der Waals surface area contributed by atoms with Crippen LogP contribution in [0.3, 0.4) is 0 Å². The normalized spacial score (nSPS) is 13.6. The molecule has 0 N–H and O–H groups in total. The number of rotatable bonds is 2. The first-order valence-corrected chi connectivity index (χ1v) is 7.63. The lowest BCUT2D eigenvalue weighted by Crippen LogP contribution is -2.20. The average Bonchev–Trinajstić information content (AvgIpc) is 2.80. The van der Waals surface area contributed by atoms with Crippen LogP contribution in [0.5, 0.6) is 0 Å². The van der Waals surface area contributed by atoms with Crippen molar-refractivity contribution in [1.82, 2.24) is 0 Å². The highest BCUT2D eigenvalue weighted by Gasteiger charge is 2.26. The number of benzene rings is 3. The molecular formula is C20H14N2O2. The molecule has 3 aromatic carbocycles. The third-order valence-corrected chi connectivity index (χ3v) is 3.74. The van der Waals surface area contributed by atoms with Crippen molar-refractivity contribution < 1.29 is 9.48 Å². The molecule has 0 atom stereocenters. The summed E-state index contributed by atoms with van der Waals surface area (Å²) in [5.41, 5.74) is 2.56. The highest BCUT2D eigenvalue weighted by Crippen LogP contribution is 2.31. The summed E-state index contributed by atoms with van der Waals surface area (Å²) in [6.45, 7) is 0. The number of aliphatic imine (C=N–C) groups is 1. The highest BCUT2D eigenvalue weighted by molar-refractivity contribution is 6.07. The lowest BCUT2D eigenvalue weighted by Gasteiger charge is -2.09.